The summed E-state index contributed by atoms with van der Waals surface area (Å²) in [6, 6.07) is 14.6. The summed E-state index contributed by atoms with van der Waals surface area (Å²) < 4.78 is 16.5. The largest absolute Gasteiger partial charge is 0.491 e. The molecule has 2 aromatic rings. The first-order valence-electron chi connectivity index (χ1n) is 14.2. The van der Waals surface area contributed by atoms with Crippen molar-refractivity contribution in [3.8, 4) is 16.9 Å². The fourth-order valence-electron chi connectivity index (χ4n) is 4.94. The van der Waals surface area contributed by atoms with Crippen molar-refractivity contribution in [2.45, 2.75) is 52.6 Å². The third kappa shape index (κ3) is 7.43. The Labute approximate surface area is 232 Å². The number of ether oxygens (including phenoxy) is 3. The molecular weight excluding hydrogens is 492 g/mol. The lowest BCUT2D eigenvalue weighted by molar-refractivity contribution is -0.136. The molecule has 2 aliphatic rings. The van der Waals surface area contributed by atoms with Crippen molar-refractivity contribution >= 4 is 17.7 Å². The van der Waals surface area contributed by atoms with E-state index in [0.717, 1.165) is 73.6 Å². The molecule has 0 saturated heterocycles. The van der Waals surface area contributed by atoms with Gasteiger partial charge in [0.25, 0.3) is 0 Å². The number of nitrogens with zero attached hydrogens (tertiary/aromatic N) is 2. The lowest BCUT2D eigenvalue weighted by Crippen LogP contribution is -2.30. The summed E-state index contributed by atoms with van der Waals surface area (Å²) >= 11 is 0. The summed E-state index contributed by atoms with van der Waals surface area (Å²) in [5.41, 5.74) is 6.22. The second-order valence-electron chi connectivity index (χ2n) is 9.88. The number of hydroxylamine groups is 2. The van der Waals surface area contributed by atoms with E-state index in [9.17, 15) is 4.79 Å². The van der Waals surface area contributed by atoms with Gasteiger partial charge in [0.2, 0.25) is 0 Å². The molecule has 2 aromatic carbocycles. The second kappa shape index (κ2) is 14.2. The Bertz CT molecular complexity index is 1160. The molecule has 2 heterocycles. The maximum absolute atomic E-state index is 12.5. The summed E-state index contributed by atoms with van der Waals surface area (Å²) in [5.74, 6) is 0.547. The molecule has 0 spiro atoms. The van der Waals surface area contributed by atoms with Crippen molar-refractivity contribution in [1.82, 2.24) is 5.06 Å². The fraction of sp³-hybridized carbons (Fsp3) is 0.469. The van der Waals surface area contributed by atoms with E-state index >= 15 is 0 Å². The van der Waals surface area contributed by atoms with Crippen LogP contribution in [0.25, 0.3) is 17.2 Å². The highest BCUT2D eigenvalue weighted by Gasteiger charge is 2.27. The van der Waals surface area contributed by atoms with Gasteiger partial charge in [-0.05, 0) is 78.8 Å². The summed E-state index contributed by atoms with van der Waals surface area (Å²) in [6.07, 6.45) is 7.93. The van der Waals surface area contributed by atoms with Crippen molar-refractivity contribution in [3.05, 3.63) is 65.4 Å². The maximum atomic E-state index is 12.5. The Morgan fingerprint density at radius 2 is 1.82 bits per heavy atom. The number of anilines is 1. The molecule has 1 unspecified atom stereocenters. The van der Waals surface area contributed by atoms with Crippen molar-refractivity contribution in [3.63, 3.8) is 0 Å². The molecular formula is C32H42N2O5. The number of fused-ring (bicyclic) bond motifs is 1. The molecule has 7 heteroatoms. The van der Waals surface area contributed by atoms with E-state index in [2.05, 4.69) is 62.2 Å². The van der Waals surface area contributed by atoms with Gasteiger partial charge in [-0.2, -0.15) is 0 Å². The quantitative estimate of drug-likeness (QED) is 0.223. The van der Waals surface area contributed by atoms with E-state index in [-0.39, 0.29) is 12.1 Å². The molecule has 0 saturated carbocycles. The molecule has 0 N–H and O–H groups in total. The first-order valence-corrected chi connectivity index (χ1v) is 14.2. The minimum absolute atomic E-state index is 0.0765. The van der Waals surface area contributed by atoms with E-state index in [4.69, 9.17) is 19.0 Å². The SMILES string of the molecule is CCCCOCCOc1ccc(-c2ccc3c(c2)C=C(C(=O)OC)CCN3CC2=CN(CC)OC2CC)cc1. The van der Waals surface area contributed by atoms with Crippen LogP contribution in [0.15, 0.2) is 59.8 Å². The number of unbranched alkanes of at least 4 members (excludes halogenated alkanes) is 1. The topological polar surface area (TPSA) is 60.5 Å². The summed E-state index contributed by atoms with van der Waals surface area (Å²) in [7, 11) is 1.44. The molecule has 0 fully saturated rings. The summed E-state index contributed by atoms with van der Waals surface area (Å²) in [5, 5.41) is 1.91. The van der Waals surface area contributed by atoms with Crippen LogP contribution in [0.1, 0.15) is 52.0 Å². The van der Waals surface area contributed by atoms with E-state index < -0.39 is 0 Å². The van der Waals surface area contributed by atoms with Crippen LogP contribution in [0.4, 0.5) is 5.69 Å². The Morgan fingerprint density at radius 1 is 1.03 bits per heavy atom. The normalized spacial score (nSPS) is 16.9. The molecule has 39 heavy (non-hydrogen) atoms. The van der Waals surface area contributed by atoms with E-state index in [1.165, 1.54) is 12.7 Å². The van der Waals surface area contributed by atoms with Gasteiger partial charge >= 0.3 is 5.97 Å². The minimum atomic E-state index is -0.277. The summed E-state index contributed by atoms with van der Waals surface area (Å²) in [6.45, 7) is 10.6. The molecule has 7 nitrogen and oxygen atoms in total. The number of carbonyl (C=O) groups is 1. The van der Waals surface area contributed by atoms with Crippen molar-refractivity contribution in [1.29, 1.82) is 0 Å². The zero-order valence-electron chi connectivity index (χ0n) is 23.8. The van der Waals surface area contributed by atoms with E-state index in [1.54, 1.807) is 0 Å². The van der Waals surface area contributed by atoms with E-state index in [0.29, 0.717) is 25.2 Å². The highest BCUT2D eigenvalue weighted by Crippen LogP contribution is 2.34. The summed E-state index contributed by atoms with van der Waals surface area (Å²) in [4.78, 5) is 20.9. The van der Waals surface area contributed by atoms with Crippen LogP contribution in [0.3, 0.4) is 0 Å². The maximum Gasteiger partial charge on any atom is 0.333 e. The highest BCUT2D eigenvalue weighted by molar-refractivity contribution is 5.96. The van der Waals surface area contributed by atoms with Gasteiger partial charge in [0.05, 0.1) is 13.7 Å². The Morgan fingerprint density at radius 3 is 2.54 bits per heavy atom. The number of rotatable bonds is 13. The van der Waals surface area contributed by atoms with Gasteiger partial charge in [-0.15, -0.1) is 0 Å². The third-order valence-corrected chi connectivity index (χ3v) is 7.16. The molecule has 2 aliphatic heterocycles. The number of benzene rings is 2. The number of carbonyl (C=O) groups excluding carboxylic acids is 1. The molecule has 210 valence electrons. The predicted molar refractivity (Wildman–Crippen MR) is 156 cm³/mol. The average Bonchev–Trinajstić information content (AvgIpc) is 3.28. The third-order valence-electron chi connectivity index (χ3n) is 7.16. The Hall–Kier alpha value is -3.29. The zero-order valence-corrected chi connectivity index (χ0v) is 23.8. The highest BCUT2D eigenvalue weighted by atomic mass is 16.7. The van der Waals surface area contributed by atoms with Gasteiger partial charge in [-0.1, -0.05) is 38.5 Å². The monoisotopic (exact) mass is 534 g/mol. The van der Waals surface area contributed by atoms with Gasteiger partial charge < -0.3 is 19.1 Å². The standard InChI is InChI=1S/C32H42N2O5/c1-5-8-17-37-18-19-38-29-12-9-24(10-13-29)25-11-14-30-27(20-25)21-26(32(35)36-4)15-16-33(30)22-28-23-34(7-3)39-31(28)6-2/h9-14,20-21,23,31H,5-8,15-19,22H2,1-4H3. The van der Waals surface area contributed by atoms with Gasteiger partial charge in [0, 0.05) is 43.7 Å². The van der Waals surface area contributed by atoms with Gasteiger partial charge in [0.1, 0.15) is 18.5 Å². The smallest absolute Gasteiger partial charge is 0.333 e. The first-order chi connectivity index (χ1) is 19.1. The Balaban J connectivity index is 1.53. The zero-order chi connectivity index (χ0) is 27.6. The molecule has 0 aromatic heterocycles. The van der Waals surface area contributed by atoms with Crippen molar-refractivity contribution in [2.75, 3.05) is 51.5 Å². The number of esters is 1. The van der Waals surface area contributed by atoms with Crippen molar-refractivity contribution < 1.29 is 23.8 Å². The van der Waals surface area contributed by atoms with Crippen LogP contribution in [-0.4, -0.2) is 63.7 Å². The molecule has 1 atom stereocenters. The predicted octanol–water partition coefficient (Wildman–Crippen LogP) is 6.25. The Kier molecular flexibility index (Phi) is 10.5. The lowest BCUT2D eigenvalue weighted by atomic mass is 10.00. The van der Waals surface area contributed by atoms with E-state index in [1.807, 2.05) is 23.3 Å². The van der Waals surface area contributed by atoms with Gasteiger partial charge in [0.15, 0.2) is 0 Å². The minimum Gasteiger partial charge on any atom is -0.491 e. The molecule has 0 aliphatic carbocycles. The van der Waals surface area contributed by atoms with Crippen LogP contribution < -0.4 is 9.64 Å². The van der Waals surface area contributed by atoms with Gasteiger partial charge in [-0.25, -0.2) is 4.79 Å². The molecule has 0 radical (unpaired) electrons. The average molecular weight is 535 g/mol. The van der Waals surface area contributed by atoms with Gasteiger partial charge in [-0.3, -0.25) is 9.90 Å². The van der Waals surface area contributed by atoms with Crippen LogP contribution in [-0.2, 0) is 19.1 Å². The van der Waals surface area contributed by atoms with Crippen LogP contribution in [0.5, 0.6) is 5.75 Å². The lowest BCUT2D eigenvalue weighted by Gasteiger charge is -2.27. The number of methoxy groups -OCH3 is 1. The molecule has 4 rings (SSSR count). The molecule has 0 bridgehead atoms. The van der Waals surface area contributed by atoms with Crippen molar-refractivity contribution in [2.24, 2.45) is 0 Å². The molecule has 0 amide bonds. The fourth-order valence-corrected chi connectivity index (χ4v) is 4.94. The van der Waals surface area contributed by atoms with Crippen LogP contribution >= 0.6 is 0 Å². The number of hydrogen-bond acceptors (Lipinski definition) is 7. The second-order valence-corrected chi connectivity index (χ2v) is 9.88. The van der Waals surface area contributed by atoms with Crippen LogP contribution in [0.2, 0.25) is 0 Å². The van der Waals surface area contributed by atoms with Crippen LogP contribution in [0, 0.1) is 0 Å². The number of hydrogen-bond donors (Lipinski definition) is 0. The first kappa shape index (κ1) is 28.7.